The molecule has 3 aromatic heterocycles. The number of H-pyrrole nitrogens is 2. The monoisotopic (exact) mass is 340 g/mol. The maximum atomic E-state index is 12.4. The molecule has 0 spiro atoms. The zero-order valence-corrected chi connectivity index (χ0v) is 14.2. The van der Waals surface area contributed by atoms with E-state index in [4.69, 9.17) is 4.98 Å². The van der Waals surface area contributed by atoms with Crippen molar-refractivity contribution in [2.24, 2.45) is 0 Å². The number of amides is 1. The van der Waals surface area contributed by atoms with Crippen LogP contribution in [-0.2, 0) is 6.42 Å². The van der Waals surface area contributed by atoms with Crippen molar-refractivity contribution in [3.8, 4) is 0 Å². The van der Waals surface area contributed by atoms with Crippen molar-refractivity contribution in [3.05, 3.63) is 51.3 Å². The van der Waals surface area contributed by atoms with Gasteiger partial charge in [-0.05, 0) is 25.8 Å². The van der Waals surface area contributed by atoms with E-state index in [9.17, 15) is 9.59 Å². The molecule has 0 saturated carbocycles. The van der Waals surface area contributed by atoms with E-state index in [0.29, 0.717) is 24.4 Å². The molecule has 1 aliphatic heterocycles. The van der Waals surface area contributed by atoms with Gasteiger partial charge in [0.2, 0.25) is 0 Å². The molecule has 1 saturated heterocycles. The molecule has 8 heteroatoms. The summed E-state index contributed by atoms with van der Waals surface area (Å²) in [5.41, 5.74) is 3.83. The zero-order chi connectivity index (χ0) is 17.6. The second kappa shape index (κ2) is 5.87. The Balaban J connectivity index is 1.63. The molecule has 1 atom stereocenters. The number of nitrogens with zero attached hydrogens (tertiary/aromatic N) is 4. The van der Waals surface area contributed by atoms with Crippen molar-refractivity contribution < 1.29 is 4.79 Å². The van der Waals surface area contributed by atoms with Crippen molar-refractivity contribution in [1.29, 1.82) is 0 Å². The molecular weight excluding hydrogens is 320 g/mol. The van der Waals surface area contributed by atoms with E-state index in [1.807, 2.05) is 13.8 Å². The number of carbonyl (C=O) groups excluding carboxylic acids is 1. The van der Waals surface area contributed by atoms with Crippen LogP contribution in [-0.4, -0.2) is 48.7 Å². The summed E-state index contributed by atoms with van der Waals surface area (Å²) in [7, 11) is 0. The van der Waals surface area contributed by atoms with Crippen LogP contribution in [0.15, 0.2) is 23.1 Å². The van der Waals surface area contributed by atoms with E-state index in [0.717, 1.165) is 29.8 Å². The normalized spacial score (nSPS) is 17.5. The number of nitrogens with one attached hydrogen (secondary N) is 2. The average molecular weight is 340 g/mol. The highest BCUT2D eigenvalue weighted by Gasteiger charge is 2.30. The Morgan fingerprint density at radius 1 is 1.44 bits per heavy atom. The first-order chi connectivity index (χ1) is 12.1. The van der Waals surface area contributed by atoms with Gasteiger partial charge in [-0.3, -0.25) is 19.8 Å². The van der Waals surface area contributed by atoms with Gasteiger partial charge < -0.3 is 4.90 Å². The third-order valence-corrected chi connectivity index (χ3v) is 4.95. The predicted molar refractivity (Wildman–Crippen MR) is 91.8 cm³/mol. The number of likely N-dealkylation sites (tertiary alicyclic amines) is 1. The number of carbonyl (C=O) groups is 1. The number of fused-ring (bicyclic) bond motifs is 1. The Hall–Kier alpha value is -2.90. The minimum atomic E-state index is -0.110. The van der Waals surface area contributed by atoms with Crippen molar-refractivity contribution in [2.75, 3.05) is 13.1 Å². The van der Waals surface area contributed by atoms with Gasteiger partial charge in [-0.25, -0.2) is 9.50 Å². The molecule has 2 N–H and O–H groups in total. The van der Waals surface area contributed by atoms with Crippen molar-refractivity contribution in [1.82, 2.24) is 29.7 Å². The molecule has 4 heterocycles. The summed E-state index contributed by atoms with van der Waals surface area (Å²) in [6, 6.07) is 3.25. The predicted octanol–water partition coefficient (Wildman–Crippen LogP) is 1.25. The van der Waals surface area contributed by atoms with Gasteiger partial charge in [-0.2, -0.15) is 5.10 Å². The first kappa shape index (κ1) is 15.6. The summed E-state index contributed by atoms with van der Waals surface area (Å²) in [6.45, 7) is 5.23. The molecule has 0 aliphatic carbocycles. The Kier molecular flexibility index (Phi) is 3.67. The maximum Gasteiger partial charge on any atom is 0.272 e. The first-order valence-corrected chi connectivity index (χ1v) is 8.48. The van der Waals surface area contributed by atoms with Crippen LogP contribution in [0.3, 0.4) is 0 Å². The highest BCUT2D eigenvalue weighted by atomic mass is 16.2. The number of rotatable bonds is 3. The van der Waals surface area contributed by atoms with Crippen LogP contribution in [0.5, 0.6) is 0 Å². The van der Waals surface area contributed by atoms with E-state index in [1.54, 1.807) is 23.2 Å². The molecule has 130 valence electrons. The van der Waals surface area contributed by atoms with E-state index in [-0.39, 0.29) is 17.4 Å². The molecule has 0 radical (unpaired) electrons. The van der Waals surface area contributed by atoms with E-state index < -0.39 is 0 Å². The fourth-order valence-corrected chi connectivity index (χ4v) is 3.50. The lowest BCUT2D eigenvalue weighted by Crippen LogP contribution is -2.29. The quantitative estimate of drug-likeness (QED) is 0.749. The van der Waals surface area contributed by atoms with Gasteiger partial charge in [0, 0.05) is 42.5 Å². The summed E-state index contributed by atoms with van der Waals surface area (Å²) < 4.78 is 1.50. The minimum absolute atomic E-state index is 0.0658. The van der Waals surface area contributed by atoms with Gasteiger partial charge in [0.1, 0.15) is 5.69 Å². The smallest absolute Gasteiger partial charge is 0.272 e. The van der Waals surface area contributed by atoms with Crippen molar-refractivity contribution in [2.45, 2.75) is 32.6 Å². The maximum absolute atomic E-state index is 12.4. The highest BCUT2D eigenvalue weighted by molar-refractivity contribution is 5.92. The minimum Gasteiger partial charge on any atom is -0.337 e. The summed E-state index contributed by atoms with van der Waals surface area (Å²) >= 11 is 0. The molecule has 3 aromatic rings. The fraction of sp³-hybridized carbons (Fsp3) is 0.412. The van der Waals surface area contributed by atoms with Gasteiger partial charge in [0.05, 0.1) is 5.69 Å². The average Bonchev–Trinajstić information content (AvgIpc) is 3.35. The standard InChI is InChI=1S/C17H20N6O2/c1-3-12-10(2)16-19-14(8-15(24)23(16)21-12)11-5-7-22(9-11)17(25)13-4-6-18-20-13/h4,6,8,11,21H,3,5,7,9H2,1-2H3,(H,18,20)/t11-/m0/s1. The summed E-state index contributed by atoms with van der Waals surface area (Å²) in [5.74, 6) is 0.00726. The Labute approximate surface area is 143 Å². The van der Waals surface area contributed by atoms with Crippen LogP contribution in [0.2, 0.25) is 0 Å². The van der Waals surface area contributed by atoms with Crippen molar-refractivity contribution in [3.63, 3.8) is 0 Å². The second-order valence-corrected chi connectivity index (χ2v) is 6.45. The van der Waals surface area contributed by atoms with E-state index in [1.165, 1.54) is 4.52 Å². The molecule has 1 amide bonds. The van der Waals surface area contributed by atoms with Crippen molar-refractivity contribution >= 4 is 11.6 Å². The number of aromatic amines is 2. The third kappa shape index (κ3) is 2.54. The summed E-state index contributed by atoms with van der Waals surface area (Å²) in [6.07, 6.45) is 3.18. The topological polar surface area (TPSA) is 99.1 Å². The van der Waals surface area contributed by atoms with Gasteiger partial charge in [0.15, 0.2) is 5.65 Å². The van der Waals surface area contributed by atoms with Crippen LogP contribution in [0, 0.1) is 6.92 Å². The largest absolute Gasteiger partial charge is 0.337 e. The van der Waals surface area contributed by atoms with Gasteiger partial charge >= 0.3 is 0 Å². The Morgan fingerprint density at radius 2 is 2.28 bits per heavy atom. The zero-order valence-electron chi connectivity index (χ0n) is 14.2. The number of hydrogen-bond acceptors (Lipinski definition) is 4. The molecule has 25 heavy (non-hydrogen) atoms. The van der Waals surface area contributed by atoms with E-state index in [2.05, 4.69) is 15.3 Å². The molecule has 1 aliphatic rings. The van der Waals surface area contributed by atoms with Crippen LogP contribution in [0.4, 0.5) is 0 Å². The van der Waals surface area contributed by atoms with Crippen LogP contribution in [0.25, 0.3) is 5.65 Å². The fourth-order valence-electron chi connectivity index (χ4n) is 3.50. The SMILES string of the molecule is CCc1[nH]n2c(=O)cc([C@H]3CCN(C(=O)c4ccn[nH]4)C3)nc2c1C. The molecule has 8 nitrogen and oxygen atoms in total. The van der Waals surface area contributed by atoms with E-state index >= 15 is 0 Å². The Morgan fingerprint density at radius 3 is 3.00 bits per heavy atom. The first-order valence-electron chi connectivity index (χ1n) is 8.48. The van der Waals surface area contributed by atoms with Crippen LogP contribution in [0.1, 0.15) is 46.7 Å². The van der Waals surface area contributed by atoms with Gasteiger partial charge in [-0.1, -0.05) is 6.92 Å². The number of aryl methyl sites for hydroxylation is 2. The summed E-state index contributed by atoms with van der Waals surface area (Å²) in [4.78, 5) is 31.4. The number of hydrogen-bond donors (Lipinski definition) is 2. The van der Waals surface area contributed by atoms with Crippen LogP contribution < -0.4 is 5.56 Å². The second-order valence-electron chi connectivity index (χ2n) is 6.45. The molecular formula is C17H20N6O2. The molecule has 4 rings (SSSR count). The lowest BCUT2D eigenvalue weighted by molar-refractivity contribution is 0.0785. The highest BCUT2D eigenvalue weighted by Crippen LogP contribution is 2.27. The molecule has 0 bridgehead atoms. The van der Waals surface area contributed by atoms with Gasteiger partial charge in [0.25, 0.3) is 11.5 Å². The molecule has 0 aromatic carbocycles. The lowest BCUT2D eigenvalue weighted by Gasteiger charge is -2.15. The number of aromatic nitrogens is 5. The molecule has 0 unspecified atom stereocenters. The lowest BCUT2D eigenvalue weighted by atomic mass is 10.0. The Bertz CT molecular complexity index is 985. The summed E-state index contributed by atoms with van der Waals surface area (Å²) in [5, 5.41) is 9.64. The van der Waals surface area contributed by atoms with Crippen LogP contribution >= 0.6 is 0 Å². The molecule has 1 fully saturated rings. The van der Waals surface area contributed by atoms with Gasteiger partial charge in [-0.15, -0.1) is 0 Å². The third-order valence-electron chi connectivity index (χ3n) is 4.95.